The highest BCUT2D eigenvalue weighted by atomic mass is 32.1. The fourth-order valence-electron chi connectivity index (χ4n) is 4.56. The van der Waals surface area contributed by atoms with Crippen molar-refractivity contribution in [3.63, 3.8) is 0 Å². The number of carbonyl (C=O) groups excluding carboxylic acids is 2. The van der Waals surface area contributed by atoms with Gasteiger partial charge in [-0.05, 0) is 24.6 Å². The first-order valence-electron chi connectivity index (χ1n) is 10.8. The van der Waals surface area contributed by atoms with Gasteiger partial charge >= 0.3 is 0 Å². The molecule has 2 amide bonds. The monoisotopic (exact) mass is 450 g/mol. The highest BCUT2D eigenvalue weighted by Crippen LogP contribution is 2.30. The number of aryl methyl sites for hydroxylation is 1. The molecule has 0 radical (unpaired) electrons. The lowest BCUT2D eigenvalue weighted by atomic mass is 10.1. The number of aromatic nitrogens is 3. The standard InChI is InChI=1S/C23H26N6O2S/c1-16-20(14-25-26(16)2)17-4-3-5-18(12-17)29-15-19(13-21(29)30)27-7-9-28(10-8-27)23(31)22-24-6-11-32-22/h3-6,11-12,14,19H,7-10,13,15H2,1-2H3. The maximum atomic E-state index is 12.9. The number of hydrogen-bond acceptors (Lipinski definition) is 6. The molecule has 0 spiro atoms. The van der Waals surface area contributed by atoms with Crippen LogP contribution in [0.4, 0.5) is 5.69 Å². The average molecular weight is 451 g/mol. The third kappa shape index (κ3) is 3.82. The van der Waals surface area contributed by atoms with Gasteiger partial charge in [0.15, 0.2) is 5.01 Å². The van der Waals surface area contributed by atoms with E-state index in [9.17, 15) is 9.59 Å². The molecule has 5 rings (SSSR count). The molecule has 1 unspecified atom stereocenters. The lowest BCUT2D eigenvalue weighted by Gasteiger charge is -2.37. The van der Waals surface area contributed by atoms with Crippen molar-refractivity contribution in [1.29, 1.82) is 0 Å². The van der Waals surface area contributed by atoms with Gasteiger partial charge in [0.2, 0.25) is 5.91 Å². The van der Waals surface area contributed by atoms with Crippen molar-refractivity contribution in [3.8, 4) is 11.1 Å². The number of amides is 2. The molecular weight excluding hydrogens is 424 g/mol. The Morgan fingerprint density at radius 2 is 2.00 bits per heavy atom. The zero-order valence-corrected chi connectivity index (χ0v) is 19.1. The molecule has 2 fully saturated rings. The molecule has 32 heavy (non-hydrogen) atoms. The van der Waals surface area contributed by atoms with Gasteiger partial charge in [0.05, 0.1) is 6.20 Å². The lowest BCUT2D eigenvalue weighted by molar-refractivity contribution is -0.117. The van der Waals surface area contributed by atoms with Gasteiger partial charge in [0, 0.05) is 80.8 Å². The zero-order chi connectivity index (χ0) is 22.2. The molecule has 0 aliphatic carbocycles. The summed E-state index contributed by atoms with van der Waals surface area (Å²) < 4.78 is 1.86. The van der Waals surface area contributed by atoms with E-state index < -0.39 is 0 Å². The molecule has 2 saturated heterocycles. The van der Waals surface area contributed by atoms with Crippen molar-refractivity contribution in [2.24, 2.45) is 7.05 Å². The van der Waals surface area contributed by atoms with Gasteiger partial charge in [-0.1, -0.05) is 12.1 Å². The van der Waals surface area contributed by atoms with E-state index in [1.54, 1.807) is 6.20 Å². The highest BCUT2D eigenvalue weighted by Gasteiger charge is 2.36. The quantitative estimate of drug-likeness (QED) is 0.610. The first-order valence-corrected chi connectivity index (χ1v) is 11.7. The minimum absolute atomic E-state index is 0.00582. The second-order valence-electron chi connectivity index (χ2n) is 8.35. The molecule has 0 bridgehead atoms. The van der Waals surface area contributed by atoms with Crippen molar-refractivity contribution in [2.75, 3.05) is 37.6 Å². The summed E-state index contributed by atoms with van der Waals surface area (Å²) in [6, 6.07) is 8.31. The molecule has 0 N–H and O–H groups in total. The van der Waals surface area contributed by atoms with Crippen LogP contribution < -0.4 is 4.90 Å². The van der Waals surface area contributed by atoms with Crippen LogP contribution in [-0.2, 0) is 11.8 Å². The van der Waals surface area contributed by atoms with E-state index in [1.165, 1.54) is 11.3 Å². The van der Waals surface area contributed by atoms with E-state index in [0.29, 0.717) is 31.1 Å². The number of rotatable bonds is 4. The predicted molar refractivity (Wildman–Crippen MR) is 124 cm³/mol. The molecule has 1 atom stereocenters. The first kappa shape index (κ1) is 20.8. The van der Waals surface area contributed by atoms with Gasteiger partial charge in [0.1, 0.15) is 0 Å². The van der Waals surface area contributed by atoms with Crippen molar-refractivity contribution in [2.45, 2.75) is 19.4 Å². The molecule has 4 heterocycles. The minimum atomic E-state index is 0.00582. The van der Waals surface area contributed by atoms with Gasteiger partial charge in [0.25, 0.3) is 5.91 Å². The van der Waals surface area contributed by atoms with E-state index in [0.717, 1.165) is 35.6 Å². The number of anilines is 1. The highest BCUT2D eigenvalue weighted by molar-refractivity contribution is 7.11. The Morgan fingerprint density at radius 3 is 2.69 bits per heavy atom. The fourth-order valence-corrected chi connectivity index (χ4v) is 5.16. The largest absolute Gasteiger partial charge is 0.334 e. The van der Waals surface area contributed by atoms with Crippen LogP contribution in [0.25, 0.3) is 11.1 Å². The average Bonchev–Trinajstić information content (AvgIpc) is 3.55. The third-order valence-corrected chi connectivity index (χ3v) is 7.30. The van der Waals surface area contributed by atoms with Gasteiger partial charge in [-0.2, -0.15) is 5.10 Å². The molecule has 2 aliphatic heterocycles. The summed E-state index contributed by atoms with van der Waals surface area (Å²) in [6.45, 7) is 5.60. The van der Waals surface area contributed by atoms with E-state index in [4.69, 9.17) is 0 Å². The molecule has 0 saturated carbocycles. The topological polar surface area (TPSA) is 74.6 Å². The Bertz CT molecular complexity index is 1130. The summed E-state index contributed by atoms with van der Waals surface area (Å²) in [5.41, 5.74) is 4.17. The number of hydrogen-bond donors (Lipinski definition) is 0. The Hall–Kier alpha value is -3.04. The van der Waals surface area contributed by atoms with Gasteiger partial charge in [-0.25, -0.2) is 4.98 Å². The van der Waals surface area contributed by atoms with Crippen LogP contribution in [0, 0.1) is 6.92 Å². The summed E-state index contributed by atoms with van der Waals surface area (Å²) in [6.07, 6.45) is 4.05. The van der Waals surface area contributed by atoms with Crippen LogP contribution in [0.2, 0.25) is 0 Å². The van der Waals surface area contributed by atoms with Gasteiger partial charge < -0.3 is 9.80 Å². The second kappa shape index (κ2) is 8.48. The summed E-state index contributed by atoms with van der Waals surface area (Å²) in [7, 11) is 1.93. The van der Waals surface area contributed by atoms with Crippen LogP contribution in [0.15, 0.2) is 42.0 Å². The molecule has 2 aromatic heterocycles. The normalized spacial score (nSPS) is 19.7. The summed E-state index contributed by atoms with van der Waals surface area (Å²) in [4.78, 5) is 35.7. The molecular formula is C23H26N6O2S. The molecule has 166 valence electrons. The Balaban J connectivity index is 1.25. The summed E-state index contributed by atoms with van der Waals surface area (Å²) >= 11 is 1.38. The van der Waals surface area contributed by atoms with Crippen LogP contribution in [0.5, 0.6) is 0 Å². The summed E-state index contributed by atoms with van der Waals surface area (Å²) in [5.74, 6) is 0.155. The third-order valence-electron chi connectivity index (χ3n) is 6.54. The van der Waals surface area contributed by atoms with Gasteiger partial charge in [-0.15, -0.1) is 11.3 Å². The Morgan fingerprint density at radius 1 is 1.19 bits per heavy atom. The summed E-state index contributed by atoms with van der Waals surface area (Å²) in [5, 5.41) is 6.71. The number of carbonyl (C=O) groups is 2. The Kier molecular flexibility index (Phi) is 5.52. The molecule has 2 aliphatic rings. The zero-order valence-electron chi connectivity index (χ0n) is 18.3. The maximum absolute atomic E-state index is 12.9. The molecule has 9 heteroatoms. The van der Waals surface area contributed by atoms with E-state index >= 15 is 0 Å². The van der Waals surface area contributed by atoms with Crippen LogP contribution in [0.1, 0.15) is 21.9 Å². The van der Waals surface area contributed by atoms with Crippen molar-refractivity contribution < 1.29 is 9.59 Å². The Labute approximate surface area is 191 Å². The number of thiazole rings is 1. The van der Waals surface area contributed by atoms with Crippen molar-refractivity contribution >= 4 is 28.8 Å². The number of piperazine rings is 1. The molecule has 1 aromatic carbocycles. The maximum Gasteiger partial charge on any atom is 0.282 e. The number of benzene rings is 1. The lowest BCUT2D eigenvalue weighted by Crippen LogP contribution is -2.52. The van der Waals surface area contributed by atoms with E-state index in [-0.39, 0.29) is 17.9 Å². The number of nitrogens with zero attached hydrogens (tertiary/aromatic N) is 6. The predicted octanol–water partition coefficient (Wildman–Crippen LogP) is 2.42. The second-order valence-corrected chi connectivity index (χ2v) is 9.24. The fraction of sp³-hybridized carbons (Fsp3) is 0.391. The van der Waals surface area contributed by atoms with Crippen molar-refractivity contribution in [3.05, 3.63) is 52.7 Å². The minimum Gasteiger partial charge on any atom is -0.334 e. The SMILES string of the molecule is Cc1c(-c2cccc(N3CC(N4CCN(C(=O)c5nccs5)CC4)CC3=O)c2)cnn1C. The smallest absolute Gasteiger partial charge is 0.282 e. The first-order chi connectivity index (χ1) is 15.5. The van der Waals surface area contributed by atoms with E-state index in [1.807, 2.05) is 52.2 Å². The molecule has 3 aromatic rings. The van der Waals surface area contributed by atoms with Gasteiger partial charge in [-0.3, -0.25) is 19.2 Å². The van der Waals surface area contributed by atoms with Crippen LogP contribution in [-0.4, -0.2) is 75.1 Å². The van der Waals surface area contributed by atoms with Crippen LogP contribution in [0.3, 0.4) is 0 Å². The van der Waals surface area contributed by atoms with Crippen LogP contribution >= 0.6 is 11.3 Å². The van der Waals surface area contributed by atoms with E-state index in [2.05, 4.69) is 27.1 Å². The van der Waals surface area contributed by atoms with Crippen molar-refractivity contribution in [1.82, 2.24) is 24.6 Å². The molecule has 8 nitrogen and oxygen atoms in total.